The first-order valence-electron chi connectivity index (χ1n) is 8.15. The van der Waals surface area contributed by atoms with Crippen molar-refractivity contribution in [3.05, 3.63) is 53.3 Å². The molecule has 0 spiro atoms. The van der Waals surface area contributed by atoms with E-state index < -0.39 is 0 Å². The normalized spacial score (nSPS) is 24.8. The summed E-state index contributed by atoms with van der Waals surface area (Å²) in [7, 11) is 0. The Bertz CT molecular complexity index is 607. The highest BCUT2D eigenvalue weighted by molar-refractivity contribution is 5.31. The van der Waals surface area contributed by atoms with Crippen LogP contribution >= 0.6 is 0 Å². The highest BCUT2D eigenvalue weighted by atomic mass is 15.3. The van der Waals surface area contributed by atoms with Crippen LogP contribution in [0.2, 0.25) is 0 Å². The third-order valence-electron chi connectivity index (χ3n) is 4.96. The molecule has 0 unspecified atom stereocenters. The summed E-state index contributed by atoms with van der Waals surface area (Å²) in [6.07, 6.45) is 8.35. The summed E-state index contributed by atoms with van der Waals surface area (Å²) >= 11 is 0. The fourth-order valence-corrected chi connectivity index (χ4v) is 3.39. The lowest BCUT2D eigenvalue weighted by Crippen LogP contribution is -2.32. The first-order chi connectivity index (χ1) is 10.3. The van der Waals surface area contributed by atoms with E-state index in [9.17, 15) is 0 Å². The average molecular weight is 281 g/mol. The van der Waals surface area contributed by atoms with Crippen molar-refractivity contribution >= 4 is 0 Å². The van der Waals surface area contributed by atoms with Crippen molar-refractivity contribution in [2.24, 2.45) is 11.7 Å². The molecule has 3 nitrogen and oxygen atoms in total. The van der Waals surface area contributed by atoms with Crippen LogP contribution in [-0.2, 0) is 6.42 Å². The van der Waals surface area contributed by atoms with E-state index >= 15 is 0 Å². The Hall–Kier alpha value is -1.61. The first-order valence-corrected chi connectivity index (χ1v) is 8.15. The minimum absolute atomic E-state index is 0.584. The number of benzene rings is 1. The Morgan fingerprint density at radius 3 is 2.57 bits per heavy atom. The molecule has 2 aliphatic rings. The molecule has 0 amide bonds. The number of nitrogens with two attached hydrogens (primary N) is 1. The van der Waals surface area contributed by atoms with Gasteiger partial charge in [-0.2, -0.15) is 5.10 Å². The van der Waals surface area contributed by atoms with E-state index in [1.54, 1.807) is 0 Å². The summed E-state index contributed by atoms with van der Waals surface area (Å²) < 4.78 is 2.23. The summed E-state index contributed by atoms with van der Waals surface area (Å²) in [4.78, 5) is 0. The fourth-order valence-electron chi connectivity index (χ4n) is 3.39. The van der Waals surface area contributed by atoms with E-state index in [2.05, 4.69) is 41.2 Å². The number of rotatable bonds is 5. The van der Waals surface area contributed by atoms with Gasteiger partial charge in [0, 0.05) is 18.5 Å². The molecular formula is C18H23N3. The van der Waals surface area contributed by atoms with Gasteiger partial charge in [0.05, 0.1) is 11.7 Å². The molecule has 2 aromatic rings. The molecule has 0 aliphatic heterocycles. The summed E-state index contributed by atoms with van der Waals surface area (Å²) in [5.74, 6) is 1.43. The third kappa shape index (κ3) is 2.62. The molecular weight excluding hydrogens is 258 g/mol. The van der Waals surface area contributed by atoms with Gasteiger partial charge in [-0.3, -0.25) is 4.68 Å². The molecule has 4 rings (SSSR count). The summed E-state index contributed by atoms with van der Waals surface area (Å²) in [6.45, 7) is 0.824. The van der Waals surface area contributed by atoms with Crippen LogP contribution in [-0.4, -0.2) is 16.3 Å². The van der Waals surface area contributed by atoms with E-state index in [1.807, 2.05) is 0 Å². The van der Waals surface area contributed by atoms with Gasteiger partial charge in [0.2, 0.25) is 0 Å². The maximum atomic E-state index is 5.74. The van der Waals surface area contributed by atoms with E-state index in [1.165, 1.54) is 42.5 Å². The molecule has 0 saturated heterocycles. The molecule has 0 bridgehead atoms. The summed E-state index contributed by atoms with van der Waals surface area (Å²) in [5.41, 5.74) is 9.91. The largest absolute Gasteiger partial charge is 0.330 e. The molecule has 1 heterocycles. The average Bonchev–Trinajstić information content (AvgIpc) is 3.22. The number of hydrogen-bond acceptors (Lipinski definition) is 2. The lowest BCUT2D eigenvalue weighted by Gasteiger charge is -2.34. The lowest BCUT2D eigenvalue weighted by atomic mass is 9.80. The maximum Gasteiger partial charge on any atom is 0.0690 e. The van der Waals surface area contributed by atoms with E-state index in [0.717, 1.165) is 18.9 Å². The van der Waals surface area contributed by atoms with E-state index in [-0.39, 0.29) is 0 Å². The van der Waals surface area contributed by atoms with Gasteiger partial charge in [-0.1, -0.05) is 30.3 Å². The zero-order valence-corrected chi connectivity index (χ0v) is 12.4. The standard InChI is InChI=1S/C18H23N3/c19-11-14-9-17(10-14)21-12-16(18(20-21)15-6-7-15)8-13-4-2-1-3-5-13/h1-5,12,14-15,17H,6-11,19H2. The molecule has 1 aromatic carbocycles. The molecule has 21 heavy (non-hydrogen) atoms. The van der Waals surface area contributed by atoms with Crippen LogP contribution in [0.3, 0.4) is 0 Å². The van der Waals surface area contributed by atoms with Crippen LogP contribution in [0.1, 0.15) is 54.5 Å². The van der Waals surface area contributed by atoms with Gasteiger partial charge in [0.25, 0.3) is 0 Å². The smallest absolute Gasteiger partial charge is 0.0690 e. The zero-order valence-electron chi connectivity index (χ0n) is 12.4. The second-order valence-corrected chi connectivity index (χ2v) is 6.68. The molecule has 0 atom stereocenters. The van der Waals surface area contributed by atoms with Crippen LogP contribution in [0.25, 0.3) is 0 Å². The third-order valence-corrected chi connectivity index (χ3v) is 4.96. The van der Waals surface area contributed by atoms with Gasteiger partial charge >= 0.3 is 0 Å². The SMILES string of the molecule is NCC1CC(n2cc(Cc3ccccc3)c(C3CC3)n2)C1. The molecule has 2 saturated carbocycles. The quantitative estimate of drug-likeness (QED) is 0.914. The highest BCUT2D eigenvalue weighted by Gasteiger charge is 2.33. The second-order valence-electron chi connectivity index (χ2n) is 6.68. The van der Waals surface area contributed by atoms with Gasteiger partial charge in [0.1, 0.15) is 0 Å². The van der Waals surface area contributed by atoms with Crippen LogP contribution < -0.4 is 5.73 Å². The van der Waals surface area contributed by atoms with Crippen LogP contribution in [0, 0.1) is 5.92 Å². The Balaban J connectivity index is 1.56. The molecule has 1 aromatic heterocycles. The first kappa shape index (κ1) is 13.1. The van der Waals surface area contributed by atoms with E-state index in [0.29, 0.717) is 12.0 Å². The Kier molecular flexibility index (Phi) is 3.30. The Morgan fingerprint density at radius 1 is 1.14 bits per heavy atom. The van der Waals surface area contributed by atoms with Crippen LogP contribution in [0.4, 0.5) is 0 Å². The van der Waals surface area contributed by atoms with Crippen molar-refractivity contribution in [1.29, 1.82) is 0 Å². The van der Waals surface area contributed by atoms with Crippen molar-refractivity contribution in [3.63, 3.8) is 0 Å². The molecule has 2 aliphatic carbocycles. The molecule has 110 valence electrons. The molecule has 3 heteroatoms. The topological polar surface area (TPSA) is 43.8 Å². The van der Waals surface area contributed by atoms with E-state index in [4.69, 9.17) is 10.8 Å². The van der Waals surface area contributed by atoms with Gasteiger partial charge in [-0.25, -0.2) is 0 Å². The minimum Gasteiger partial charge on any atom is -0.330 e. The number of nitrogens with zero attached hydrogens (tertiary/aromatic N) is 2. The minimum atomic E-state index is 0.584. The Labute approximate surface area is 126 Å². The second kappa shape index (κ2) is 5.30. The van der Waals surface area contributed by atoms with Crippen molar-refractivity contribution in [1.82, 2.24) is 9.78 Å². The summed E-state index contributed by atoms with van der Waals surface area (Å²) in [6, 6.07) is 11.3. The van der Waals surface area contributed by atoms with Gasteiger partial charge in [0.15, 0.2) is 0 Å². The van der Waals surface area contributed by atoms with Crippen molar-refractivity contribution in [2.45, 2.75) is 44.1 Å². The fraction of sp³-hybridized carbons (Fsp3) is 0.500. The maximum absolute atomic E-state index is 5.74. The van der Waals surface area contributed by atoms with Crippen LogP contribution in [0.15, 0.2) is 36.5 Å². The number of aromatic nitrogens is 2. The highest BCUT2D eigenvalue weighted by Crippen LogP contribution is 2.43. The predicted octanol–water partition coefficient (Wildman–Crippen LogP) is 3.26. The predicted molar refractivity (Wildman–Crippen MR) is 84.3 cm³/mol. The summed E-state index contributed by atoms with van der Waals surface area (Å²) in [5, 5.41) is 4.93. The van der Waals surface area contributed by atoms with Crippen molar-refractivity contribution in [3.8, 4) is 0 Å². The molecule has 0 radical (unpaired) electrons. The molecule has 2 N–H and O–H groups in total. The van der Waals surface area contributed by atoms with Gasteiger partial charge in [-0.15, -0.1) is 0 Å². The monoisotopic (exact) mass is 281 g/mol. The van der Waals surface area contributed by atoms with Gasteiger partial charge < -0.3 is 5.73 Å². The van der Waals surface area contributed by atoms with Gasteiger partial charge in [-0.05, 0) is 49.3 Å². The lowest BCUT2D eigenvalue weighted by molar-refractivity contribution is 0.189. The van der Waals surface area contributed by atoms with Crippen molar-refractivity contribution < 1.29 is 0 Å². The zero-order chi connectivity index (χ0) is 14.2. The Morgan fingerprint density at radius 2 is 1.90 bits per heavy atom. The van der Waals surface area contributed by atoms with Crippen molar-refractivity contribution in [2.75, 3.05) is 6.54 Å². The number of hydrogen-bond donors (Lipinski definition) is 1. The molecule has 2 fully saturated rings. The van der Waals surface area contributed by atoms with Crippen LogP contribution in [0.5, 0.6) is 0 Å².